The first-order valence-electron chi connectivity index (χ1n) is 7.88. The number of hydrogen-bond donors (Lipinski definition) is 0. The molecule has 2 fully saturated rings. The number of morpholine rings is 2. The molecule has 0 saturated carbocycles. The van der Waals surface area contributed by atoms with Crippen LogP contribution in [0.25, 0.3) is 0 Å². The van der Waals surface area contributed by atoms with Crippen molar-refractivity contribution < 1.29 is 22.7 Å². The Morgan fingerprint density at radius 1 is 1.17 bits per heavy atom. The summed E-state index contributed by atoms with van der Waals surface area (Å²) in [6, 6.07) is 1.49. The summed E-state index contributed by atoms with van der Waals surface area (Å²) in [6.45, 7) is 6.87. The molecule has 0 aromatic carbocycles. The van der Waals surface area contributed by atoms with Gasteiger partial charge in [0.25, 0.3) is 15.9 Å². The molecule has 0 aliphatic carbocycles. The Morgan fingerprint density at radius 3 is 2.50 bits per heavy atom. The highest BCUT2D eigenvalue weighted by molar-refractivity contribution is 7.91. The van der Waals surface area contributed by atoms with Crippen molar-refractivity contribution in [1.82, 2.24) is 9.21 Å². The van der Waals surface area contributed by atoms with E-state index in [1.165, 1.54) is 10.4 Å². The van der Waals surface area contributed by atoms with E-state index >= 15 is 0 Å². The highest BCUT2D eigenvalue weighted by atomic mass is 32.2. The van der Waals surface area contributed by atoms with Crippen molar-refractivity contribution in [2.75, 3.05) is 46.1 Å². The molecule has 0 N–H and O–H groups in total. The first-order chi connectivity index (χ1) is 11.3. The topological polar surface area (TPSA) is 76.2 Å². The van der Waals surface area contributed by atoms with Crippen LogP contribution >= 0.6 is 11.3 Å². The molecule has 1 aromatic heterocycles. The Labute approximate surface area is 146 Å². The summed E-state index contributed by atoms with van der Waals surface area (Å²) in [5.41, 5.74) is 0.0161. The van der Waals surface area contributed by atoms with E-state index in [-0.39, 0.29) is 10.1 Å². The molecule has 0 bridgehead atoms. The third-order valence-corrected chi connectivity index (χ3v) is 7.59. The summed E-state index contributed by atoms with van der Waals surface area (Å²) in [5.74, 6) is -0.150. The Kier molecular flexibility index (Phi) is 4.99. The average Bonchev–Trinajstić information content (AvgIpc) is 3.05. The molecule has 0 spiro atoms. The molecule has 24 heavy (non-hydrogen) atoms. The minimum Gasteiger partial charge on any atom is -0.379 e. The van der Waals surface area contributed by atoms with Crippen molar-refractivity contribution in [3.63, 3.8) is 0 Å². The number of nitrogens with zero attached hydrogens (tertiary/aromatic N) is 2. The minimum absolute atomic E-state index is 0.150. The third-order valence-electron chi connectivity index (χ3n) is 4.28. The van der Waals surface area contributed by atoms with E-state index in [0.29, 0.717) is 51.6 Å². The van der Waals surface area contributed by atoms with E-state index in [4.69, 9.17) is 9.47 Å². The van der Waals surface area contributed by atoms with Gasteiger partial charge in [0.15, 0.2) is 0 Å². The third kappa shape index (κ3) is 3.36. The van der Waals surface area contributed by atoms with Gasteiger partial charge < -0.3 is 14.4 Å². The maximum atomic E-state index is 12.8. The number of thiophene rings is 1. The molecule has 9 heteroatoms. The van der Waals surface area contributed by atoms with Crippen molar-refractivity contribution in [3.8, 4) is 0 Å². The van der Waals surface area contributed by atoms with Gasteiger partial charge in [-0.15, -0.1) is 11.3 Å². The zero-order valence-electron chi connectivity index (χ0n) is 13.9. The minimum atomic E-state index is -3.56. The zero-order chi connectivity index (χ0) is 17.4. The van der Waals surface area contributed by atoms with Crippen LogP contribution in [-0.4, -0.2) is 75.1 Å². The maximum Gasteiger partial charge on any atom is 0.255 e. The standard InChI is InChI=1S/C15H22N2O5S2/c1-15(2)11-22-8-5-17(15)14(18)12-9-13(23-10-12)24(19,20)16-3-6-21-7-4-16/h9-10H,3-8,11H2,1-2H3. The van der Waals surface area contributed by atoms with E-state index in [1.54, 1.807) is 10.3 Å². The van der Waals surface area contributed by atoms with Crippen molar-refractivity contribution in [2.45, 2.75) is 23.6 Å². The van der Waals surface area contributed by atoms with Crippen LogP contribution in [0.15, 0.2) is 15.7 Å². The number of carbonyl (C=O) groups is 1. The largest absolute Gasteiger partial charge is 0.379 e. The quantitative estimate of drug-likeness (QED) is 0.790. The fourth-order valence-corrected chi connectivity index (χ4v) is 5.58. The van der Waals surface area contributed by atoms with Crippen molar-refractivity contribution in [2.24, 2.45) is 0 Å². The van der Waals surface area contributed by atoms with Crippen LogP contribution in [0.5, 0.6) is 0 Å². The highest BCUT2D eigenvalue weighted by Crippen LogP contribution is 2.28. The maximum absolute atomic E-state index is 12.8. The smallest absolute Gasteiger partial charge is 0.255 e. The molecule has 7 nitrogen and oxygen atoms in total. The average molecular weight is 374 g/mol. The molecule has 2 aliphatic heterocycles. The lowest BCUT2D eigenvalue weighted by Crippen LogP contribution is -2.55. The first kappa shape index (κ1) is 17.8. The Morgan fingerprint density at radius 2 is 1.83 bits per heavy atom. The molecule has 2 aliphatic rings. The van der Waals surface area contributed by atoms with E-state index in [2.05, 4.69) is 0 Å². The second-order valence-electron chi connectivity index (χ2n) is 6.49. The molecular weight excluding hydrogens is 352 g/mol. The van der Waals surface area contributed by atoms with Gasteiger partial charge in [-0.25, -0.2) is 8.42 Å². The summed E-state index contributed by atoms with van der Waals surface area (Å²) in [5, 5.41) is 1.63. The van der Waals surface area contributed by atoms with Crippen molar-refractivity contribution in [3.05, 3.63) is 17.0 Å². The SMILES string of the molecule is CC1(C)COCCN1C(=O)c1csc(S(=O)(=O)N2CCOCC2)c1. The van der Waals surface area contributed by atoms with Gasteiger partial charge in [-0.2, -0.15) is 4.31 Å². The fourth-order valence-electron chi connectivity index (χ4n) is 2.87. The van der Waals surface area contributed by atoms with E-state index in [9.17, 15) is 13.2 Å². The van der Waals surface area contributed by atoms with Crippen molar-refractivity contribution >= 4 is 27.3 Å². The van der Waals surface area contributed by atoms with E-state index in [0.717, 1.165) is 11.3 Å². The summed E-state index contributed by atoms with van der Waals surface area (Å²) in [6.07, 6.45) is 0. The predicted molar refractivity (Wildman–Crippen MR) is 89.8 cm³/mol. The van der Waals surface area contributed by atoms with Crippen LogP contribution in [0.1, 0.15) is 24.2 Å². The number of ether oxygens (including phenoxy) is 2. The lowest BCUT2D eigenvalue weighted by molar-refractivity contribution is -0.0370. The molecule has 3 heterocycles. The molecule has 1 amide bonds. The molecule has 2 saturated heterocycles. The van der Waals surface area contributed by atoms with Crippen molar-refractivity contribution in [1.29, 1.82) is 0 Å². The van der Waals surface area contributed by atoms with Crippen LogP contribution in [0.3, 0.4) is 0 Å². The van der Waals surface area contributed by atoms with Crippen LogP contribution in [0.4, 0.5) is 0 Å². The van der Waals surface area contributed by atoms with Gasteiger partial charge in [0.05, 0.1) is 37.5 Å². The molecule has 0 radical (unpaired) electrons. The summed E-state index contributed by atoms with van der Waals surface area (Å²) in [7, 11) is -3.56. The van der Waals surface area contributed by atoms with E-state index < -0.39 is 15.6 Å². The second kappa shape index (κ2) is 6.72. The number of amides is 1. The van der Waals surface area contributed by atoms with Crippen LogP contribution in [0.2, 0.25) is 0 Å². The van der Waals surface area contributed by atoms with E-state index in [1.807, 2.05) is 13.8 Å². The molecule has 3 rings (SSSR count). The lowest BCUT2D eigenvalue weighted by atomic mass is 10.0. The zero-order valence-corrected chi connectivity index (χ0v) is 15.5. The van der Waals surface area contributed by atoms with Crippen LogP contribution in [0, 0.1) is 0 Å². The van der Waals surface area contributed by atoms with Gasteiger partial charge >= 0.3 is 0 Å². The lowest BCUT2D eigenvalue weighted by Gasteiger charge is -2.42. The highest BCUT2D eigenvalue weighted by Gasteiger charge is 2.36. The molecule has 0 unspecified atom stereocenters. The Balaban J connectivity index is 1.81. The number of sulfonamides is 1. The molecule has 134 valence electrons. The summed E-state index contributed by atoms with van der Waals surface area (Å²) >= 11 is 1.09. The van der Waals surface area contributed by atoms with Gasteiger partial charge in [0.1, 0.15) is 4.21 Å². The Hall–Kier alpha value is -1.00. The molecule has 0 atom stereocenters. The fraction of sp³-hybridized carbons (Fsp3) is 0.667. The first-order valence-corrected chi connectivity index (χ1v) is 10.2. The normalized spacial score (nSPS) is 22.5. The van der Waals surface area contributed by atoms with Crippen LogP contribution < -0.4 is 0 Å². The second-order valence-corrected chi connectivity index (χ2v) is 9.57. The van der Waals surface area contributed by atoms with Crippen LogP contribution in [-0.2, 0) is 19.5 Å². The van der Waals surface area contributed by atoms with Gasteiger partial charge in [0, 0.05) is 25.0 Å². The number of rotatable bonds is 3. The molecular formula is C15H22N2O5S2. The monoisotopic (exact) mass is 374 g/mol. The summed E-state index contributed by atoms with van der Waals surface area (Å²) < 4.78 is 37.6. The van der Waals surface area contributed by atoms with Gasteiger partial charge in [-0.1, -0.05) is 0 Å². The Bertz CT molecular complexity index is 707. The number of carbonyl (C=O) groups excluding carboxylic acids is 1. The molecule has 1 aromatic rings. The van der Waals surface area contributed by atoms with Gasteiger partial charge in [0.2, 0.25) is 0 Å². The number of hydrogen-bond acceptors (Lipinski definition) is 6. The van der Waals surface area contributed by atoms with Gasteiger partial charge in [-0.3, -0.25) is 4.79 Å². The van der Waals surface area contributed by atoms with Gasteiger partial charge in [-0.05, 0) is 19.9 Å². The predicted octanol–water partition coefficient (Wildman–Crippen LogP) is 1.02. The summed E-state index contributed by atoms with van der Waals surface area (Å²) in [4.78, 5) is 14.5.